The van der Waals surface area contributed by atoms with Gasteiger partial charge in [0.2, 0.25) is 0 Å². The van der Waals surface area contributed by atoms with Crippen molar-refractivity contribution < 1.29 is 23.8 Å². The summed E-state index contributed by atoms with van der Waals surface area (Å²) in [5.41, 5.74) is 0.425. The molecule has 0 bridgehead atoms. The molecular weight excluding hydrogens is 401 g/mol. The Bertz CT molecular complexity index is 469. The van der Waals surface area contributed by atoms with E-state index in [2.05, 4.69) is 22.6 Å². The molecule has 0 heterocycles. The van der Waals surface area contributed by atoms with E-state index in [-0.39, 0.29) is 12.5 Å². The van der Waals surface area contributed by atoms with Crippen LogP contribution in [0.4, 0.5) is 0 Å². The van der Waals surface area contributed by atoms with Crippen LogP contribution >= 0.6 is 22.6 Å². The Kier molecular flexibility index (Phi) is 9.02. The standard InChI is InChI=1S/C15H20INO5/c1-20-9-7-17(8-10-21-2)14(18)11-22-15(19)12-3-5-13(16)6-4-12/h3-6H,7-11H2,1-2H3. The van der Waals surface area contributed by atoms with Crippen molar-refractivity contribution in [3.05, 3.63) is 33.4 Å². The molecule has 0 spiro atoms. The van der Waals surface area contributed by atoms with Gasteiger partial charge in [0.1, 0.15) is 0 Å². The average molecular weight is 421 g/mol. The van der Waals surface area contributed by atoms with Gasteiger partial charge in [-0.15, -0.1) is 0 Å². The predicted octanol–water partition coefficient (Wildman–Crippen LogP) is 1.57. The summed E-state index contributed by atoms with van der Waals surface area (Å²) in [5.74, 6) is -0.781. The van der Waals surface area contributed by atoms with Gasteiger partial charge < -0.3 is 19.1 Å². The minimum Gasteiger partial charge on any atom is -0.452 e. The van der Waals surface area contributed by atoms with Crippen LogP contribution in [0.25, 0.3) is 0 Å². The highest BCUT2D eigenvalue weighted by atomic mass is 127. The van der Waals surface area contributed by atoms with Gasteiger partial charge in [0.15, 0.2) is 6.61 Å². The zero-order chi connectivity index (χ0) is 16.4. The summed E-state index contributed by atoms with van der Waals surface area (Å²) in [6, 6.07) is 6.95. The monoisotopic (exact) mass is 421 g/mol. The van der Waals surface area contributed by atoms with Crippen molar-refractivity contribution in [2.75, 3.05) is 47.1 Å². The summed E-state index contributed by atoms with van der Waals surface area (Å²) in [6.07, 6.45) is 0. The van der Waals surface area contributed by atoms with Crippen LogP contribution in [0.1, 0.15) is 10.4 Å². The molecule has 1 aromatic carbocycles. The second-order valence-corrected chi connectivity index (χ2v) is 5.70. The second kappa shape index (κ2) is 10.5. The van der Waals surface area contributed by atoms with Gasteiger partial charge >= 0.3 is 5.97 Å². The van der Waals surface area contributed by atoms with Gasteiger partial charge in [-0.1, -0.05) is 0 Å². The van der Waals surface area contributed by atoms with Crippen LogP contribution in [-0.2, 0) is 19.0 Å². The number of amides is 1. The Morgan fingerprint density at radius 1 is 1.05 bits per heavy atom. The van der Waals surface area contributed by atoms with Crippen molar-refractivity contribution in [1.82, 2.24) is 4.90 Å². The fraction of sp³-hybridized carbons (Fsp3) is 0.467. The fourth-order valence-corrected chi connectivity index (χ4v) is 2.01. The normalized spacial score (nSPS) is 10.3. The Morgan fingerprint density at radius 3 is 2.09 bits per heavy atom. The number of benzene rings is 1. The van der Waals surface area contributed by atoms with Crippen molar-refractivity contribution in [2.24, 2.45) is 0 Å². The van der Waals surface area contributed by atoms with Crippen molar-refractivity contribution in [2.45, 2.75) is 0 Å². The fourth-order valence-electron chi connectivity index (χ4n) is 1.65. The maximum Gasteiger partial charge on any atom is 0.338 e. The molecule has 6 nitrogen and oxygen atoms in total. The van der Waals surface area contributed by atoms with Crippen LogP contribution in [0.15, 0.2) is 24.3 Å². The molecule has 0 radical (unpaired) electrons. The summed E-state index contributed by atoms with van der Waals surface area (Å²) < 4.78 is 16.0. The molecule has 22 heavy (non-hydrogen) atoms. The topological polar surface area (TPSA) is 65.1 Å². The van der Waals surface area contributed by atoms with E-state index in [1.165, 1.54) is 0 Å². The first kappa shape index (κ1) is 18.9. The average Bonchev–Trinajstić information content (AvgIpc) is 2.53. The molecule has 0 aliphatic carbocycles. The van der Waals surface area contributed by atoms with Crippen molar-refractivity contribution in [3.8, 4) is 0 Å². The van der Waals surface area contributed by atoms with Crippen molar-refractivity contribution >= 4 is 34.5 Å². The van der Waals surface area contributed by atoms with E-state index in [0.717, 1.165) is 3.57 Å². The second-order valence-electron chi connectivity index (χ2n) is 4.45. The van der Waals surface area contributed by atoms with Gasteiger partial charge in [0, 0.05) is 30.9 Å². The predicted molar refractivity (Wildman–Crippen MR) is 89.8 cm³/mol. The molecule has 0 saturated heterocycles. The van der Waals surface area contributed by atoms with E-state index in [4.69, 9.17) is 14.2 Å². The van der Waals surface area contributed by atoms with Gasteiger partial charge in [-0.25, -0.2) is 4.79 Å². The molecule has 0 N–H and O–H groups in total. The first-order valence-electron chi connectivity index (χ1n) is 6.76. The number of ether oxygens (including phenoxy) is 3. The number of nitrogens with zero attached hydrogens (tertiary/aromatic N) is 1. The van der Waals surface area contributed by atoms with Crippen LogP contribution in [0.5, 0.6) is 0 Å². The lowest BCUT2D eigenvalue weighted by molar-refractivity contribution is -0.135. The highest BCUT2D eigenvalue weighted by Crippen LogP contribution is 2.08. The zero-order valence-electron chi connectivity index (χ0n) is 12.7. The van der Waals surface area contributed by atoms with Gasteiger partial charge in [0.05, 0.1) is 18.8 Å². The molecule has 122 valence electrons. The number of hydrogen-bond acceptors (Lipinski definition) is 5. The number of carbonyl (C=O) groups is 2. The molecule has 1 rings (SSSR count). The summed E-state index contributed by atoms with van der Waals surface area (Å²) in [4.78, 5) is 25.5. The number of halogens is 1. The van der Waals surface area contributed by atoms with Gasteiger partial charge in [0.25, 0.3) is 5.91 Å². The van der Waals surface area contributed by atoms with Crippen molar-refractivity contribution in [1.29, 1.82) is 0 Å². The lowest BCUT2D eigenvalue weighted by Crippen LogP contribution is -2.39. The van der Waals surface area contributed by atoms with Gasteiger partial charge in [-0.05, 0) is 46.9 Å². The minimum atomic E-state index is -0.511. The van der Waals surface area contributed by atoms with Gasteiger partial charge in [-0.3, -0.25) is 4.79 Å². The number of carbonyl (C=O) groups excluding carboxylic acids is 2. The maximum atomic E-state index is 12.1. The van der Waals surface area contributed by atoms with E-state index in [1.54, 1.807) is 31.3 Å². The summed E-state index contributed by atoms with van der Waals surface area (Å²) in [6.45, 7) is 1.40. The van der Waals surface area contributed by atoms with Crippen LogP contribution < -0.4 is 0 Å². The van der Waals surface area contributed by atoms with Crippen LogP contribution in [0, 0.1) is 3.57 Å². The van der Waals surface area contributed by atoms with Crippen LogP contribution in [-0.4, -0.2) is 63.9 Å². The van der Waals surface area contributed by atoms with Crippen molar-refractivity contribution in [3.63, 3.8) is 0 Å². The maximum absolute atomic E-state index is 12.1. The molecule has 0 atom stereocenters. The molecule has 0 aliphatic rings. The third-order valence-electron chi connectivity index (χ3n) is 2.89. The zero-order valence-corrected chi connectivity index (χ0v) is 14.9. The van der Waals surface area contributed by atoms with Crippen LogP contribution in [0.3, 0.4) is 0 Å². The Morgan fingerprint density at radius 2 is 1.59 bits per heavy atom. The quantitative estimate of drug-likeness (QED) is 0.448. The molecular formula is C15H20INO5. The lowest BCUT2D eigenvalue weighted by Gasteiger charge is -2.21. The molecule has 0 saturated carbocycles. The van der Waals surface area contributed by atoms with Crippen LogP contribution in [0.2, 0.25) is 0 Å². The molecule has 1 amide bonds. The Balaban J connectivity index is 2.50. The lowest BCUT2D eigenvalue weighted by atomic mass is 10.2. The Labute approximate surface area is 143 Å². The highest BCUT2D eigenvalue weighted by Gasteiger charge is 2.16. The minimum absolute atomic E-state index is 0.270. The molecule has 0 aromatic heterocycles. The highest BCUT2D eigenvalue weighted by molar-refractivity contribution is 14.1. The third kappa shape index (κ3) is 6.71. The summed E-state index contributed by atoms with van der Waals surface area (Å²) >= 11 is 2.15. The molecule has 7 heteroatoms. The SMILES string of the molecule is COCCN(CCOC)C(=O)COC(=O)c1ccc(I)cc1. The Hall–Kier alpha value is -1.19. The largest absolute Gasteiger partial charge is 0.452 e. The molecule has 0 aliphatic heterocycles. The number of methoxy groups -OCH3 is 2. The molecule has 0 fully saturated rings. The van der Waals surface area contributed by atoms with E-state index in [9.17, 15) is 9.59 Å². The smallest absolute Gasteiger partial charge is 0.338 e. The first-order valence-corrected chi connectivity index (χ1v) is 7.84. The number of esters is 1. The van der Waals surface area contributed by atoms with E-state index in [0.29, 0.717) is 31.9 Å². The van der Waals surface area contributed by atoms with E-state index in [1.807, 2.05) is 12.1 Å². The van der Waals surface area contributed by atoms with E-state index >= 15 is 0 Å². The summed E-state index contributed by atoms with van der Waals surface area (Å²) in [5, 5.41) is 0. The summed E-state index contributed by atoms with van der Waals surface area (Å²) in [7, 11) is 3.13. The third-order valence-corrected chi connectivity index (χ3v) is 3.61. The molecule has 1 aromatic rings. The number of rotatable bonds is 9. The number of hydrogen-bond donors (Lipinski definition) is 0. The van der Waals surface area contributed by atoms with E-state index < -0.39 is 5.97 Å². The first-order chi connectivity index (χ1) is 10.6. The van der Waals surface area contributed by atoms with Gasteiger partial charge in [-0.2, -0.15) is 0 Å². The molecule has 0 unspecified atom stereocenters.